The molecule has 0 bridgehead atoms. The van der Waals surface area contributed by atoms with E-state index < -0.39 is 11.6 Å². The number of benzene rings is 1. The van der Waals surface area contributed by atoms with E-state index in [0.717, 1.165) is 11.6 Å². The van der Waals surface area contributed by atoms with E-state index in [9.17, 15) is 8.78 Å². The van der Waals surface area contributed by atoms with Crippen molar-refractivity contribution >= 4 is 0 Å². The van der Waals surface area contributed by atoms with E-state index in [-0.39, 0.29) is 11.6 Å². The van der Waals surface area contributed by atoms with Crippen molar-refractivity contribution in [1.29, 1.82) is 0 Å². The molecule has 4 rings (SSSR count). The molecule has 0 aliphatic carbocycles. The predicted molar refractivity (Wildman–Crippen MR) is 96.7 cm³/mol. The first-order chi connectivity index (χ1) is 13.6. The highest BCUT2D eigenvalue weighted by Gasteiger charge is 2.18. The molecule has 1 atom stereocenters. The zero-order valence-corrected chi connectivity index (χ0v) is 14.9. The third kappa shape index (κ3) is 3.65. The molecule has 1 aromatic carbocycles. The first-order valence-electron chi connectivity index (χ1n) is 8.58. The van der Waals surface area contributed by atoms with Crippen molar-refractivity contribution in [1.82, 2.24) is 30.6 Å². The zero-order chi connectivity index (χ0) is 19.5. The number of hydrogen-bond donors (Lipinski definition) is 2. The van der Waals surface area contributed by atoms with Gasteiger partial charge in [0.15, 0.2) is 0 Å². The number of hydrogen-bond acceptors (Lipinski definition) is 6. The molecule has 0 spiro atoms. The Bertz CT molecular complexity index is 1080. The number of nitrogens with zero attached hydrogens (tertiary/aromatic N) is 4. The molecule has 2 N–H and O–H groups in total. The summed E-state index contributed by atoms with van der Waals surface area (Å²) in [6.07, 6.45) is 3.24. The molecule has 7 nitrogen and oxygen atoms in total. The normalized spacial score (nSPS) is 12.2. The fourth-order valence-electron chi connectivity index (χ4n) is 2.73. The van der Waals surface area contributed by atoms with Gasteiger partial charge < -0.3 is 9.84 Å². The Balaban J connectivity index is 1.47. The van der Waals surface area contributed by atoms with Crippen LogP contribution in [0.1, 0.15) is 24.4 Å². The molecule has 3 heterocycles. The quantitative estimate of drug-likeness (QED) is 0.529. The molecule has 142 valence electrons. The summed E-state index contributed by atoms with van der Waals surface area (Å²) in [7, 11) is 0. The summed E-state index contributed by atoms with van der Waals surface area (Å²) < 4.78 is 32.5. The lowest BCUT2D eigenvalue weighted by molar-refractivity contribution is 0.339. The molecule has 3 aromatic heterocycles. The average Bonchev–Trinajstić information content (AvgIpc) is 3.37. The van der Waals surface area contributed by atoms with Crippen LogP contribution in [0.15, 0.2) is 53.3 Å². The third-order valence-electron chi connectivity index (χ3n) is 4.22. The molecular weight excluding hydrogens is 366 g/mol. The standard InChI is InChI=1S/C19H16F2N6O/c1-11(19-25-18(27-28-19)16-4-2-3-7-22-16)23-9-12-10-24-26-17(12)14-6-5-13(20)8-15(14)21/h2-8,10-11,23H,9H2,1H3,(H,24,26)/t11-/m0/s1. The molecule has 0 fully saturated rings. The maximum atomic E-state index is 14.1. The Labute approximate surface area is 158 Å². The Morgan fingerprint density at radius 3 is 2.89 bits per heavy atom. The molecule has 0 amide bonds. The molecule has 4 aromatic rings. The summed E-state index contributed by atoms with van der Waals surface area (Å²) in [5.74, 6) is -0.482. The molecule has 0 aliphatic rings. The summed E-state index contributed by atoms with van der Waals surface area (Å²) >= 11 is 0. The first kappa shape index (κ1) is 17.9. The van der Waals surface area contributed by atoms with Crippen LogP contribution in [-0.4, -0.2) is 25.3 Å². The van der Waals surface area contributed by atoms with Crippen molar-refractivity contribution in [2.45, 2.75) is 19.5 Å². The number of H-pyrrole nitrogens is 1. The van der Waals surface area contributed by atoms with E-state index in [2.05, 4.69) is 30.6 Å². The lowest BCUT2D eigenvalue weighted by Gasteiger charge is -2.10. The minimum Gasteiger partial charge on any atom is -0.337 e. The number of halogens is 2. The van der Waals surface area contributed by atoms with Crippen molar-refractivity contribution in [3.05, 3.63) is 71.9 Å². The van der Waals surface area contributed by atoms with E-state index in [1.807, 2.05) is 13.0 Å². The van der Waals surface area contributed by atoms with E-state index >= 15 is 0 Å². The van der Waals surface area contributed by atoms with Gasteiger partial charge in [-0.05, 0) is 31.2 Å². The number of nitrogens with one attached hydrogen (secondary N) is 2. The molecule has 0 saturated carbocycles. The monoisotopic (exact) mass is 382 g/mol. The lowest BCUT2D eigenvalue weighted by atomic mass is 10.1. The van der Waals surface area contributed by atoms with Gasteiger partial charge >= 0.3 is 0 Å². The lowest BCUT2D eigenvalue weighted by Crippen LogP contribution is -2.18. The summed E-state index contributed by atoms with van der Waals surface area (Å²) in [5.41, 5.74) is 2.07. The van der Waals surface area contributed by atoms with Gasteiger partial charge in [-0.15, -0.1) is 0 Å². The Kier molecular flexibility index (Phi) is 4.90. The Morgan fingerprint density at radius 1 is 1.21 bits per heavy atom. The maximum absolute atomic E-state index is 14.1. The molecule has 28 heavy (non-hydrogen) atoms. The van der Waals surface area contributed by atoms with Gasteiger partial charge in [-0.1, -0.05) is 11.2 Å². The molecule has 0 aliphatic heterocycles. The van der Waals surface area contributed by atoms with E-state index in [4.69, 9.17) is 4.52 Å². The van der Waals surface area contributed by atoms with Crippen LogP contribution >= 0.6 is 0 Å². The number of aromatic amines is 1. The fourth-order valence-corrected chi connectivity index (χ4v) is 2.73. The zero-order valence-electron chi connectivity index (χ0n) is 14.9. The summed E-state index contributed by atoms with van der Waals surface area (Å²) in [6, 6.07) is 8.61. The molecule has 0 unspecified atom stereocenters. The van der Waals surface area contributed by atoms with Gasteiger partial charge in [0.1, 0.15) is 17.3 Å². The van der Waals surface area contributed by atoms with Crippen LogP contribution in [-0.2, 0) is 6.54 Å². The van der Waals surface area contributed by atoms with Crippen molar-refractivity contribution in [2.75, 3.05) is 0 Å². The van der Waals surface area contributed by atoms with Gasteiger partial charge in [-0.25, -0.2) is 8.78 Å². The highest BCUT2D eigenvalue weighted by atomic mass is 19.1. The van der Waals surface area contributed by atoms with Crippen LogP contribution in [0.25, 0.3) is 22.8 Å². The van der Waals surface area contributed by atoms with Gasteiger partial charge in [0.2, 0.25) is 11.7 Å². The maximum Gasteiger partial charge on any atom is 0.243 e. The second-order valence-electron chi connectivity index (χ2n) is 6.17. The number of pyridine rings is 1. The van der Waals surface area contributed by atoms with E-state index in [1.165, 1.54) is 12.1 Å². The van der Waals surface area contributed by atoms with Gasteiger partial charge in [-0.2, -0.15) is 10.1 Å². The van der Waals surface area contributed by atoms with Crippen LogP contribution in [0.5, 0.6) is 0 Å². The van der Waals surface area contributed by atoms with E-state index in [1.54, 1.807) is 24.5 Å². The average molecular weight is 382 g/mol. The number of rotatable bonds is 6. The third-order valence-corrected chi connectivity index (χ3v) is 4.22. The summed E-state index contributed by atoms with van der Waals surface area (Å²) in [4.78, 5) is 8.54. The van der Waals surface area contributed by atoms with Gasteiger partial charge in [0, 0.05) is 29.9 Å². The second kappa shape index (κ2) is 7.65. The Hall–Kier alpha value is -3.46. The number of aromatic nitrogens is 5. The van der Waals surface area contributed by atoms with Gasteiger partial charge in [0.25, 0.3) is 0 Å². The smallest absolute Gasteiger partial charge is 0.243 e. The SMILES string of the molecule is C[C@H](NCc1cn[nH]c1-c1ccc(F)cc1F)c1nc(-c2ccccn2)no1. The highest BCUT2D eigenvalue weighted by molar-refractivity contribution is 5.63. The van der Waals surface area contributed by atoms with Crippen molar-refractivity contribution < 1.29 is 13.3 Å². The van der Waals surface area contributed by atoms with Crippen LogP contribution in [0.3, 0.4) is 0 Å². The molecular formula is C19H16F2N6O. The van der Waals surface area contributed by atoms with Crippen LogP contribution in [0.4, 0.5) is 8.78 Å². The first-order valence-corrected chi connectivity index (χ1v) is 8.58. The molecule has 0 radical (unpaired) electrons. The van der Waals surface area contributed by atoms with E-state index in [0.29, 0.717) is 29.6 Å². The highest BCUT2D eigenvalue weighted by Crippen LogP contribution is 2.25. The minimum absolute atomic E-state index is 0.249. The second-order valence-corrected chi connectivity index (χ2v) is 6.17. The molecule has 0 saturated heterocycles. The van der Waals surface area contributed by atoms with Gasteiger partial charge in [-0.3, -0.25) is 10.1 Å². The minimum atomic E-state index is -0.657. The summed E-state index contributed by atoms with van der Waals surface area (Å²) in [6.45, 7) is 2.24. The van der Waals surface area contributed by atoms with Crippen molar-refractivity contribution in [3.63, 3.8) is 0 Å². The van der Waals surface area contributed by atoms with Crippen LogP contribution in [0, 0.1) is 11.6 Å². The summed E-state index contributed by atoms with van der Waals surface area (Å²) in [5, 5.41) is 13.9. The fraction of sp³-hybridized carbons (Fsp3) is 0.158. The van der Waals surface area contributed by atoms with Gasteiger partial charge in [0.05, 0.1) is 17.9 Å². The van der Waals surface area contributed by atoms with Crippen LogP contribution in [0.2, 0.25) is 0 Å². The van der Waals surface area contributed by atoms with Crippen molar-refractivity contribution in [2.24, 2.45) is 0 Å². The van der Waals surface area contributed by atoms with Crippen molar-refractivity contribution in [3.8, 4) is 22.8 Å². The Morgan fingerprint density at radius 2 is 2.11 bits per heavy atom. The topological polar surface area (TPSA) is 92.5 Å². The van der Waals surface area contributed by atoms with Crippen LogP contribution < -0.4 is 5.32 Å². The molecule has 9 heteroatoms. The predicted octanol–water partition coefficient (Wildman–Crippen LogP) is 3.65. The largest absolute Gasteiger partial charge is 0.337 e.